The molecule has 25 heavy (non-hydrogen) atoms. The van der Waals surface area contributed by atoms with Crippen molar-refractivity contribution in [2.24, 2.45) is 0 Å². The molecule has 0 spiro atoms. The summed E-state index contributed by atoms with van der Waals surface area (Å²) < 4.78 is 23.2. The number of nitrogens with zero attached hydrogens (tertiary/aromatic N) is 1. The predicted molar refractivity (Wildman–Crippen MR) is 97.4 cm³/mol. The summed E-state index contributed by atoms with van der Waals surface area (Å²) >= 11 is 5.95. The first kappa shape index (κ1) is 17.2. The number of amides is 1. The van der Waals surface area contributed by atoms with Gasteiger partial charge in [-0.2, -0.15) is 0 Å². The zero-order valence-electron chi connectivity index (χ0n) is 13.2. The third kappa shape index (κ3) is 3.89. The van der Waals surface area contributed by atoms with Crippen LogP contribution in [0.2, 0.25) is 5.02 Å². The molecular weight excluding hydrogens is 362 g/mol. The molecule has 0 aliphatic carbocycles. The molecule has 2 aromatic carbocycles. The highest BCUT2D eigenvalue weighted by atomic mass is 35.5. The quantitative estimate of drug-likeness (QED) is 0.684. The number of hydrogen-bond acceptors (Lipinski definition) is 5. The van der Waals surface area contributed by atoms with Crippen LogP contribution in [0.3, 0.4) is 0 Å². The lowest BCUT2D eigenvalue weighted by Crippen LogP contribution is -2.29. The number of fused-ring (bicyclic) bond motifs is 1. The van der Waals surface area contributed by atoms with E-state index in [1.165, 1.54) is 24.3 Å². The van der Waals surface area contributed by atoms with Crippen LogP contribution in [-0.4, -0.2) is 25.6 Å². The lowest BCUT2D eigenvalue weighted by atomic mass is 10.2. The van der Waals surface area contributed by atoms with E-state index in [1.54, 1.807) is 30.5 Å². The second-order valence-electron chi connectivity index (χ2n) is 5.40. The Hall–Kier alpha value is -2.64. The maximum Gasteiger partial charge on any atom is 0.269 e. The second kappa shape index (κ2) is 6.70. The Kier molecular flexibility index (Phi) is 4.61. The van der Waals surface area contributed by atoms with E-state index >= 15 is 0 Å². The van der Waals surface area contributed by atoms with Gasteiger partial charge in [0.2, 0.25) is 0 Å². The summed E-state index contributed by atoms with van der Waals surface area (Å²) in [5.41, 5.74) is 6.95. The Morgan fingerprint density at radius 3 is 2.68 bits per heavy atom. The Morgan fingerprint density at radius 1 is 1.12 bits per heavy atom. The van der Waals surface area contributed by atoms with Gasteiger partial charge in [0.05, 0.1) is 16.1 Å². The Bertz CT molecular complexity index is 1070. The van der Waals surface area contributed by atoms with Gasteiger partial charge in [-0.1, -0.05) is 17.7 Å². The van der Waals surface area contributed by atoms with E-state index in [4.69, 9.17) is 11.6 Å². The molecule has 0 unspecified atom stereocenters. The summed E-state index contributed by atoms with van der Waals surface area (Å²) in [7, 11) is -3.38. The van der Waals surface area contributed by atoms with Crippen LogP contribution in [0.15, 0.2) is 59.6 Å². The summed E-state index contributed by atoms with van der Waals surface area (Å²) in [5, 5.41) is 1.36. The highest BCUT2D eigenvalue weighted by Crippen LogP contribution is 2.23. The van der Waals surface area contributed by atoms with Gasteiger partial charge in [-0.15, -0.1) is 0 Å². The van der Waals surface area contributed by atoms with Gasteiger partial charge in [-0.25, -0.2) is 8.42 Å². The Balaban J connectivity index is 1.82. The number of hydrogen-bond donors (Lipinski definition) is 2. The molecule has 1 amide bonds. The van der Waals surface area contributed by atoms with Crippen LogP contribution >= 0.6 is 11.6 Å². The number of carbonyl (C=O) groups excluding carboxylic acids is 1. The number of aromatic nitrogens is 1. The smallest absolute Gasteiger partial charge is 0.269 e. The molecule has 1 aromatic heterocycles. The van der Waals surface area contributed by atoms with Crippen molar-refractivity contribution >= 4 is 43.9 Å². The minimum absolute atomic E-state index is 0.0872. The molecule has 0 saturated carbocycles. The molecule has 3 rings (SSSR count). The Labute approximate surface area is 149 Å². The van der Waals surface area contributed by atoms with Gasteiger partial charge in [0.15, 0.2) is 9.84 Å². The number of benzene rings is 2. The van der Waals surface area contributed by atoms with E-state index < -0.39 is 15.7 Å². The molecule has 128 valence electrons. The van der Waals surface area contributed by atoms with Crippen molar-refractivity contribution < 1.29 is 13.2 Å². The molecule has 0 bridgehead atoms. The molecule has 0 aliphatic rings. The van der Waals surface area contributed by atoms with Crippen molar-refractivity contribution in [1.82, 2.24) is 10.4 Å². The Morgan fingerprint density at radius 2 is 1.92 bits per heavy atom. The van der Waals surface area contributed by atoms with E-state index in [2.05, 4.69) is 15.8 Å². The number of nitrogens with one attached hydrogen (secondary N) is 2. The number of rotatable bonds is 4. The van der Waals surface area contributed by atoms with E-state index in [-0.39, 0.29) is 10.5 Å². The molecule has 0 aliphatic heterocycles. The average Bonchev–Trinajstić information content (AvgIpc) is 2.58. The summed E-state index contributed by atoms with van der Waals surface area (Å²) in [6.07, 6.45) is 2.69. The van der Waals surface area contributed by atoms with E-state index in [1.807, 2.05) is 0 Å². The molecule has 0 atom stereocenters. The first-order valence-corrected chi connectivity index (χ1v) is 9.52. The van der Waals surface area contributed by atoms with E-state index in [9.17, 15) is 13.2 Å². The second-order valence-corrected chi connectivity index (χ2v) is 7.85. The molecule has 6 nitrogen and oxygen atoms in total. The summed E-state index contributed by atoms with van der Waals surface area (Å²) in [5.74, 6) is -0.454. The maximum atomic E-state index is 12.3. The predicted octanol–water partition coefficient (Wildman–Crippen LogP) is 3.05. The molecular formula is C17H14ClN3O3S. The molecule has 0 fully saturated rings. The van der Waals surface area contributed by atoms with Gasteiger partial charge in [0, 0.05) is 28.4 Å². The molecule has 3 aromatic rings. The number of halogens is 1. The van der Waals surface area contributed by atoms with Crippen molar-refractivity contribution in [3.8, 4) is 0 Å². The fourth-order valence-corrected chi connectivity index (χ4v) is 3.13. The third-order valence-electron chi connectivity index (χ3n) is 3.54. The van der Waals surface area contributed by atoms with Crippen LogP contribution in [0.4, 0.5) is 5.69 Å². The summed E-state index contributed by atoms with van der Waals surface area (Å²) in [4.78, 5) is 16.6. The number of sulfone groups is 1. The van der Waals surface area contributed by atoms with Crippen molar-refractivity contribution in [2.45, 2.75) is 4.90 Å². The van der Waals surface area contributed by atoms with Gasteiger partial charge in [-0.3, -0.25) is 20.6 Å². The van der Waals surface area contributed by atoms with Gasteiger partial charge in [-0.05, 0) is 42.5 Å². The van der Waals surface area contributed by atoms with Gasteiger partial charge >= 0.3 is 0 Å². The van der Waals surface area contributed by atoms with Crippen LogP contribution in [0, 0.1) is 0 Å². The number of anilines is 1. The average molecular weight is 376 g/mol. The fraction of sp³-hybridized carbons (Fsp3) is 0.0588. The monoisotopic (exact) mass is 375 g/mol. The summed E-state index contributed by atoms with van der Waals surface area (Å²) in [6.45, 7) is 0. The van der Waals surface area contributed by atoms with Gasteiger partial charge in [0.25, 0.3) is 5.91 Å². The molecule has 8 heteroatoms. The highest BCUT2D eigenvalue weighted by Gasteiger charge is 2.12. The minimum Gasteiger partial charge on any atom is -0.298 e. The lowest BCUT2D eigenvalue weighted by molar-refractivity contribution is 0.0962. The fourth-order valence-electron chi connectivity index (χ4n) is 2.29. The first-order chi connectivity index (χ1) is 11.8. The van der Waals surface area contributed by atoms with Gasteiger partial charge in [0.1, 0.15) is 0 Å². The van der Waals surface area contributed by atoms with Gasteiger partial charge < -0.3 is 0 Å². The number of carbonyl (C=O) groups is 1. The first-order valence-electron chi connectivity index (χ1n) is 7.25. The summed E-state index contributed by atoms with van der Waals surface area (Å²) in [6, 6.07) is 12.8. The van der Waals surface area contributed by atoms with Crippen LogP contribution in [0.1, 0.15) is 10.4 Å². The van der Waals surface area contributed by atoms with Crippen LogP contribution in [0.25, 0.3) is 10.9 Å². The lowest BCUT2D eigenvalue weighted by Gasteiger charge is -2.11. The van der Waals surface area contributed by atoms with Crippen molar-refractivity contribution in [1.29, 1.82) is 0 Å². The number of pyridine rings is 1. The molecule has 2 N–H and O–H groups in total. The minimum atomic E-state index is -3.38. The molecule has 0 radical (unpaired) electrons. The zero-order valence-corrected chi connectivity index (χ0v) is 14.7. The molecule has 0 saturated heterocycles. The molecule has 1 heterocycles. The van der Waals surface area contributed by atoms with Crippen molar-refractivity contribution in [3.05, 3.63) is 65.3 Å². The zero-order chi connectivity index (χ0) is 18.0. The van der Waals surface area contributed by atoms with Crippen LogP contribution < -0.4 is 10.9 Å². The highest BCUT2D eigenvalue weighted by molar-refractivity contribution is 7.90. The number of hydrazine groups is 1. The van der Waals surface area contributed by atoms with E-state index in [0.717, 1.165) is 11.6 Å². The van der Waals surface area contributed by atoms with Crippen molar-refractivity contribution in [3.63, 3.8) is 0 Å². The van der Waals surface area contributed by atoms with Crippen LogP contribution in [-0.2, 0) is 9.84 Å². The largest absolute Gasteiger partial charge is 0.298 e. The standard InChI is InChI=1S/C17H14ClN3O3S/c1-25(23,24)13-4-2-3-11(9-13)17(22)21-20-15-7-8-19-16-10-12(18)5-6-14(15)16/h2-10H,1H3,(H,19,20)(H,21,22). The maximum absolute atomic E-state index is 12.3. The van der Waals surface area contributed by atoms with Crippen molar-refractivity contribution in [2.75, 3.05) is 11.7 Å². The van der Waals surface area contributed by atoms with E-state index in [0.29, 0.717) is 16.2 Å². The SMILES string of the molecule is CS(=O)(=O)c1cccc(C(=O)NNc2ccnc3cc(Cl)ccc23)c1. The topological polar surface area (TPSA) is 88.2 Å². The third-order valence-corrected chi connectivity index (χ3v) is 4.89. The van der Waals surface area contributed by atoms with Crippen LogP contribution in [0.5, 0.6) is 0 Å². The normalized spacial score (nSPS) is 11.3.